The number of aromatic nitrogens is 2. The molecule has 3 aromatic rings. The highest BCUT2D eigenvalue weighted by atomic mass is 16.1. The van der Waals surface area contributed by atoms with Crippen LogP contribution >= 0.6 is 0 Å². The van der Waals surface area contributed by atoms with Gasteiger partial charge in [-0.25, -0.2) is 4.98 Å². The van der Waals surface area contributed by atoms with Gasteiger partial charge in [-0.2, -0.15) is 5.26 Å². The molecule has 0 N–H and O–H groups in total. The summed E-state index contributed by atoms with van der Waals surface area (Å²) in [6.07, 6.45) is 5.42. The normalized spacial score (nSPS) is 13.1. The molecule has 4 nitrogen and oxygen atoms in total. The summed E-state index contributed by atoms with van der Waals surface area (Å²) in [6.45, 7) is 0. The molecule has 1 aromatic carbocycles. The van der Waals surface area contributed by atoms with E-state index in [0.29, 0.717) is 5.82 Å². The van der Waals surface area contributed by atoms with E-state index in [4.69, 9.17) is 0 Å². The van der Waals surface area contributed by atoms with E-state index in [-0.39, 0.29) is 11.1 Å². The molecular formula is C21H17N3O. The number of benzene rings is 1. The molecule has 2 heterocycles. The first kappa shape index (κ1) is 15.3. The maximum absolute atomic E-state index is 13.2. The maximum Gasteiger partial charge on any atom is 0.274 e. The second-order valence-electron chi connectivity index (χ2n) is 6.19. The van der Waals surface area contributed by atoms with Gasteiger partial charge in [-0.05, 0) is 54.5 Å². The molecule has 0 saturated heterocycles. The zero-order valence-electron chi connectivity index (χ0n) is 13.8. The quantitative estimate of drug-likeness (QED) is 0.722. The van der Waals surface area contributed by atoms with Gasteiger partial charge in [-0.3, -0.25) is 9.36 Å². The van der Waals surface area contributed by atoms with E-state index < -0.39 is 0 Å². The van der Waals surface area contributed by atoms with Crippen LogP contribution in [-0.2, 0) is 12.8 Å². The number of rotatable bonds is 2. The number of nitrogens with zero attached hydrogens (tertiary/aromatic N) is 3. The lowest BCUT2D eigenvalue weighted by Crippen LogP contribution is -2.28. The van der Waals surface area contributed by atoms with Crippen LogP contribution in [0.5, 0.6) is 0 Å². The Morgan fingerprint density at radius 3 is 2.36 bits per heavy atom. The summed E-state index contributed by atoms with van der Waals surface area (Å²) in [6, 6.07) is 17.6. The van der Waals surface area contributed by atoms with Crippen molar-refractivity contribution in [1.82, 2.24) is 9.55 Å². The van der Waals surface area contributed by atoms with Crippen LogP contribution in [0.4, 0.5) is 0 Å². The van der Waals surface area contributed by atoms with Crippen molar-refractivity contribution >= 4 is 0 Å². The summed E-state index contributed by atoms with van der Waals surface area (Å²) in [7, 11) is 0. The summed E-state index contributed by atoms with van der Waals surface area (Å²) in [5, 5.41) is 9.62. The fourth-order valence-electron chi connectivity index (χ4n) is 3.64. The molecule has 1 aliphatic rings. The largest absolute Gasteiger partial charge is 0.274 e. The number of hydrogen-bond donors (Lipinski definition) is 0. The molecule has 122 valence electrons. The third kappa shape index (κ3) is 2.54. The lowest BCUT2D eigenvalue weighted by Gasteiger charge is -2.24. The van der Waals surface area contributed by atoms with E-state index >= 15 is 0 Å². The Labute approximate surface area is 146 Å². The molecule has 4 heteroatoms. The number of nitriles is 1. The molecule has 0 amide bonds. The van der Waals surface area contributed by atoms with Crippen LogP contribution in [0.25, 0.3) is 17.1 Å². The second-order valence-corrected chi connectivity index (χ2v) is 6.19. The standard InChI is InChI=1S/C21H17N3O/c22-14-18-16-10-4-5-11-17(16)20(15-8-2-1-3-9-15)24(21(18)25)19-12-6-7-13-23-19/h1-3,6-9,12-13H,4-5,10-11H2. The summed E-state index contributed by atoms with van der Waals surface area (Å²) in [4.78, 5) is 17.5. The van der Waals surface area contributed by atoms with Crippen molar-refractivity contribution in [3.63, 3.8) is 0 Å². The van der Waals surface area contributed by atoms with Crippen LogP contribution in [0.2, 0.25) is 0 Å². The van der Waals surface area contributed by atoms with E-state index in [1.807, 2.05) is 48.5 Å². The highest BCUT2D eigenvalue weighted by molar-refractivity contribution is 5.69. The predicted octanol–water partition coefficient (Wildman–Crippen LogP) is 3.65. The van der Waals surface area contributed by atoms with Crippen molar-refractivity contribution in [2.75, 3.05) is 0 Å². The third-order valence-electron chi connectivity index (χ3n) is 4.73. The molecule has 0 saturated carbocycles. The van der Waals surface area contributed by atoms with Gasteiger partial charge in [0.05, 0.1) is 5.69 Å². The number of pyridine rings is 2. The van der Waals surface area contributed by atoms with E-state index in [2.05, 4.69) is 11.1 Å². The van der Waals surface area contributed by atoms with Crippen LogP contribution in [-0.4, -0.2) is 9.55 Å². The van der Waals surface area contributed by atoms with E-state index in [1.54, 1.807) is 10.8 Å². The first-order chi connectivity index (χ1) is 12.3. The van der Waals surface area contributed by atoms with Gasteiger partial charge < -0.3 is 0 Å². The first-order valence-electron chi connectivity index (χ1n) is 8.49. The molecule has 4 rings (SSSR count). The number of hydrogen-bond acceptors (Lipinski definition) is 3. The number of fused-ring (bicyclic) bond motifs is 1. The van der Waals surface area contributed by atoms with E-state index in [1.165, 1.54) is 0 Å². The topological polar surface area (TPSA) is 58.7 Å². The Balaban J connectivity index is 2.16. The van der Waals surface area contributed by atoms with E-state index in [0.717, 1.165) is 48.1 Å². The van der Waals surface area contributed by atoms with Gasteiger partial charge in [0.2, 0.25) is 0 Å². The first-order valence-corrected chi connectivity index (χ1v) is 8.49. The molecular weight excluding hydrogens is 310 g/mol. The second kappa shape index (κ2) is 6.37. The van der Waals surface area contributed by atoms with Crippen LogP contribution in [0.1, 0.15) is 29.5 Å². The van der Waals surface area contributed by atoms with Gasteiger partial charge in [0, 0.05) is 6.20 Å². The summed E-state index contributed by atoms with van der Waals surface area (Å²) >= 11 is 0. The Hall–Kier alpha value is -3.19. The molecule has 1 aliphatic carbocycles. The highest BCUT2D eigenvalue weighted by Gasteiger charge is 2.25. The molecule has 0 bridgehead atoms. The van der Waals surface area contributed by atoms with Gasteiger partial charge in [-0.15, -0.1) is 0 Å². The van der Waals surface area contributed by atoms with Crippen molar-refractivity contribution < 1.29 is 0 Å². The molecule has 0 aliphatic heterocycles. The van der Waals surface area contributed by atoms with Crippen LogP contribution in [0.15, 0.2) is 59.5 Å². The zero-order chi connectivity index (χ0) is 17.2. The van der Waals surface area contributed by atoms with Gasteiger partial charge in [0.1, 0.15) is 17.5 Å². The van der Waals surface area contributed by atoms with Gasteiger partial charge in [0.15, 0.2) is 0 Å². The van der Waals surface area contributed by atoms with Gasteiger partial charge in [0.25, 0.3) is 5.56 Å². The minimum atomic E-state index is -0.277. The molecule has 25 heavy (non-hydrogen) atoms. The lowest BCUT2D eigenvalue weighted by atomic mass is 9.86. The molecule has 0 unspecified atom stereocenters. The van der Waals surface area contributed by atoms with Crippen LogP contribution in [0.3, 0.4) is 0 Å². The minimum Gasteiger partial charge on any atom is -0.267 e. The van der Waals surface area contributed by atoms with Crippen LogP contribution in [0, 0.1) is 11.3 Å². The predicted molar refractivity (Wildman–Crippen MR) is 96.6 cm³/mol. The Morgan fingerprint density at radius 1 is 0.960 bits per heavy atom. The average Bonchev–Trinajstić information content (AvgIpc) is 2.68. The molecule has 2 aromatic heterocycles. The Bertz CT molecular complexity index is 1010. The van der Waals surface area contributed by atoms with Crippen molar-refractivity contribution in [1.29, 1.82) is 5.26 Å². The van der Waals surface area contributed by atoms with Crippen molar-refractivity contribution in [3.8, 4) is 23.1 Å². The van der Waals surface area contributed by atoms with Gasteiger partial charge >= 0.3 is 0 Å². The molecule has 0 radical (unpaired) electrons. The Kier molecular flexibility index (Phi) is 3.91. The maximum atomic E-state index is 13.2. The highest BCUT2D eigenvalue weighted by Crippen LogP contribution is 2.33. The van der Waals surface area contributed by atoms with Crippen molar-refractivity contribution in [2.45, 2.75) is 25.7 Å². The average molecular weight is 327 g/mol. The monoisotopic (exact) mass is 327 g/mol. The summed E-state index contributed by atoms with van der Waals surface area (Å²) < 4.78 is 1.61. The summed E-state index contributed by atoms with van der Waals surface area (Å²) in [5.41, 5.74) is 3.87. The fraction of sp³-hybridized carbons (Fsp3) is 0.190. The smallest absolute Gasteiger partial charge is 0.267 e. The minimum absolute atomic E-state index is 0.264. The SMILES string of the molecule is N#Cc1c2c(c(-c3ccccc3)n(-c3ccccn3)c1=O)CCCC2. The molecule has 0 spiro atoms. The van der Waals surface area contributed by atoms with Gasteiger partial charge in [-0.1, -0.05) is 36.4 Å². The lowest BCUT2D eigenvalue weighted by molar-refractivity contribution is 0.675. The zero-order valence-corrected chi connectivity index (χ0v) is 13.8. The van der Waals surface area contributed by atoms with Crippen molar-refractivity contribution in [3.05, 3.63) is 81.8 Å². The van der Waals surface area contributed by atoms with E-state index in [9.17, 15) is 10.1 Å². The summed E-state index contributed by atoms with van der Waals surface area (Å²) in [5.74, 6) is 0.552. The third-order valence-corrected chi connectivity index (χ3v) is 4.73. The molecule has 0 fully saturated rings. The van der Waals surface area contributed by atoms with Crippen LogP contribution < -0.4 is 5.56 Å². The fourth-order valence-corrected chi connectivity index (χ4v) is 3.64. The Morgan fingerprint density at radius 2 is 1.68 bits per heavy atom. The molecule has 0 atom stereocenters. The van der Waals surface area contributed by atoms with Crippen molar-refractivity contribution in [2.24, 2.45) is 0 Å².